The lowest BCUT2D eigenvalue weighted by Gasteiger charge is -2.10. The summed E-state index contributed by atoms with van der Waals surface area (Å²) in [4.78, 5) is 36.4. The second-order valence-electron chi connectivity index (χ2n) is 6.75. The highest BCUT2D eigenvalue weighted by molar-refractivity contribution is 6.05. The first-order chi connectivity index (χ1) is 13.8. The summed E-state index contributed by atoms with van der Waals surface area (Å²) in [6, 6.07) is 14.2. The number of nitrogens with zero attached hydrogens (tertiary/aromatic N) is 1. The van der Waals surface area contributed by atoms with Gasteiger partial charge in [0.2, 0.25) is 5.91 Å². The number of amides is 2. The van der Waals surface area contributed by atoms with Crippen molar-refractivity contribution >= 4 is 23.2 Å². The van der Waals surface area contributed by atoms with Gasteiger partial charge in [0.05, 0.1) is 0 Å². The summed E-state index contributed by atoms with van der Waals surface area (Å²) < 4.78 is 1.34. The average molecular weight is 391 g/mol. The number of benzene rings is 2. The molecule has 0 spiro atoms. The van der Waals surface area contributed by atoms with Crippen molar-refractivity contribution in [2.75, 3.05) is 10.6 Å². The van der Waals surface area contributed by atoms with Gasteiger partial charge in [-0.1, -0.05) is 6.07 Å². The number of aromatic nitrogens is 1. The van der Waals surface area contributed by atoms with Gasteiger partial charge in [-0.2, -0.15) is 0 Å². The highest BCUT2D eigenvalue weighted by atomic mass is 16.3. The topological polar surface area (TPSA) is 100 Å². The number of nitrogens with one attached hydrogen (secondary N) is 2. The van der Waals surface area contributed by atoms with Crippen molar-refractivity contribution in [2.45, 2.75) is 20.4 Å². The summed E-state index contributed by atoms with van der Waals surface area (Å²) in [5, 5.41) is 14.9. The molecule has 0 aliphatic rings. The Hall–Kier alpha value is -3.87. The molecule has 3 rings (SSSR count). The standard InChI is InChI=1S/C22H21N3O4/c1-14-3-10-21(28)25(12-14)13-20(27)23-17-6-4-16(5-7-17)22(29)24-19-9-8-18(26)11-15(19)2/h3-12,26H,13H2,1-2H3,(H,23,27)(H,24,29). The van der Waals surface area contributed by atoms with Crippen molar-refractivity contribution in [3.8, 4) is 5.75 Å². The van der Waals surface area contributed by atoms with Gasteiger partial charge in [-0.3, -0.25) is 14.4 Å². The fraction of sp³-hybridized carbons (Fsp3) is 0.136. The number of hydrogen-bond acceptors (Lipinski definition) is 4. The van der Waals surface area contributed by atoms with E-state index in [1.54, 1.807) is 55.6 Å². The zero-order valence-corrected chi connectivity index (χ0v) is 16.1. The molecule has 1 aromatic heterocycles. The molecular weight excluding hydrogens is 370 g/mol. The number of phenols is 1. The molecule has 7 nitrogen and oxygen atoms in total. The van der Waals surface area contributed by atoms with Crippen LogP contribution in [-0.4, -0.2) is 21.5 Å². The minimum atomic E-state index is -0.338. The molecule has 29 heavy (non-hydrogen) atoms. The second-order valence-corrected chi connectivity index (χ2v) is 6.75. The maximum Gasteiger partial charge on any atom is 0.255 e. The molecule has 0 radical (unpaired) electrons. The molecule has 2 aromatic carbocycles. The van der Waals surface area contributed by atoms with Crippen LogP contribution in [0.4, 0.5) is 11.4 Å². The fourth-order valence-corrected chi connectivity index (χ4v) is 2.82. The van der Waals surface area contributed by atoms with Gasteiger partial charge in [0.1, 0.15) is 12.3 Å². The Labute approximate surface area is 167 Å². The third-order valence-corrected chi connectivity index (χ3v) is 4.33. The van der Waals surface area contributed by atoms with Gasteiger partial charge in [0.15, 0.2) is 0 Å². The molecule has 3 aromatic rings. The average Bonchev–Trinajstić information content (AvgIpc) is 2.67. The van der Waals surface area contributed by atoms with Crippen LogP contribution in [0, 0.1) is 13.8 Å². The predicted molar refractivity (Wildman–Crippen MR) is 111 cm³/mol. The fourth-order valence-electron chi connectivity index (χ4n) is 2.82. The van der Waals surface area contributed by atoms with Gasteiger partial charge in [0.25, 0.3) is 11.5 Å². The lowest BCUT2D eigenvalue weighted by molar-refractivity contribution is -0.116. The monoisotopic (exact) mass is 391 g/mol. The van der Waals surface area contributed by atoms with Crippen molar-refractivity contribution < 1.29 is 14.7 Å². The summed E-state index contributed by atoms with van der Waals surface area (Å²) in [7, 11) is 0. The molecule has 0 aliphatic carbocycles. The number of aromatic hydroxyl groups is 1. The van der Waals surface area contributed by atoms with E-state index in [4.69, 9.17) is 0 Å². The summed E-state index contributed by atoms with van der Waals surface area (Å²) in [5.74, 6) is -0.508. The Morgan fingerprint density at radius 1 is 0.966 bits per heavy atom. The molecule has 3 N–H and O–H groups in total. The zero-order chi connectivity index (χ0) is 21.0. The first kappa shape index (κ1) is 19.9. The van der Waals surface area contributed by atoms with Crippen LogP contribution in [0.1, 0.15) is 21.5 Å². The van der Waals surface area contributed by atoms with Gasteiger partial charge in [-0.25, -0.2) is 0 Å². The number of rotatable bonds is 5. The molecule has 0 saturated heterocycles. The lowest BCUT2D eigenvalue weighted by atomic mass is 10.1. The minimum absolute atomic E-state index is 0.0944. The second kappa shape index (κ2) is 8.43. The van der Waals surface area contributed by atoms with Crippen molar-refractivity contribution in [3.63, 3.8) is 0 Å². The molecule has 0 atom stereocenters. The molecule has 2 amide bonds. The predicted octanol–water partition coefficient (Wildman–Crippen LogP) is 3.06. The van der Waals surface area contributed by atoms with Crippen molar-refractivity contribution in [3.05, 3.63) is 87.8 Å². The van der Waals surface area contributed by atoms with Crippen LogP contribution in [-0.2, 0) is 11.3 Å². The van der Waals surface area contributed by atoms with E-state index in [-0.39, 0.29) is 29.7 Å². The SMILES string of the molecule is Cc1ccc(=O)n(CC(=O)Nc2ccc(C(=O)Nc3ccc(O)cc3C)cc2)c1. The quantitative estimate of drug-likeness (QED) is 0.582. The van der Waals surface area contributed by atoms with E-state index in [1.807, 2.05) is 6.92 Å². The smallest absolute Gasteiger partial charge is 0.255 e. The van der Waals surface area contributed by atoms with Crippen molar-refractivity contribution in [2.24, 2.45) is 0 Å². The van der Waals surface area contributed by atoms with E-state index in [9.17, 15) is 19.5 Å². The van der Waals surface area contributed by atoms with Gasteiger partial charge in [-0.05, 0) is 67.4 Å². The first-order valence-electron chi connectivity index (χ1n) is 9.00. The molecule has 148 valence electrons. The molecule has 0 bridgehead atoms. The van der Waals surface area contributed by atoms with E-state index < -0.39 is 0 Å². The highest BCUT2D eigenvalue weighted by Gasteiger charge is 2.10. The van der Waals surface area contributed by atoms with Gasteiger partial charge >= 0.3 is 0 Å². The van der Waals surface area contributed by atoms with E-state index >= 15 is 0 Å². The number of phenolic OH excluding ortho intramolecular Hbond substituents is 1. The third kappa shape index (κ3) is 5.10. The Kier molecular flexibility index (Phi) is 5.78. The maximum atomic E-state index is 12.4. The van der Waals surface area contributed by atoms with Crippen LogP contribution >= 0.6 is 0 Å². The molecule has 0 fully saturated rings. The van der Waals surface area contributed by atoms with E-state index in [1.165, 1.54) is 16.7 Å². The number of hydrogen-bond donors (Lipinski definition) is 3. The van der Waals surface area contributed by atoms with Crippen LogP contribution in [0.15, 0.2) is 65.6 Å². The summed E-state index contributed by atoms with van der Waals surface area (Å²) in [6.45, 7) is 3.54. The summed E-state index contributed by atoms with van der Waals surface area (Å²) in [5.41, 5.74) is 2.93. The maximum absolute atomic E-state index is 12.4. The number of anilines is 2. The number of carbonyl (C=O) groups is 2. The van der Waals surface area contributed by atoms with E-state index in [2.05, 4.69) is 10.6 Å². The molecule has 1 heterocycles. The Balaban J connectivity index is 1.63. The Bertz CT molecular complexity index is 1120. The molecule has 0 unspecified atom stereocenters. The molecule has 0 saturated carbocycles. The van der Waals surface area contributed by atoms with Crippen LogP contribution in [0.2, 0.25) is 0 Å². The number of carbonyl (C=O) groups excluding carboxylic acids is 2. The largest absolute Gasteiger partial charge is 0.508 e. The van der Waals surface area contributed by atoms with Crippen LogP contribution in [0.3, 0.4) is 0 Å². The van der Waals surface area contributed by atoms with Crippen molar-refractivity contribution in [1.82, 2.24) is 4.57 Å². The molecule has 0 aliphatic heterocycles. The van der Waals surface area contributed by atoms with Crippen molar-refractivity contribution in [1.29, 1.82) is 0 Å². The Morgan fingerprint density at radius 2 is 1.69 bits per heavy atom. The number of aryl methyl sites for hydroxylation is 2. The first-order valence-corrected chi connectivity index (χ1v) is 9.00. The molecule has 7 heteroatoms. The Morgan fingerprint density at radius 3 is 2.38 bits per heavy atom. The number of pyridine rings is 1. The van der Waals surface area contributed by atoms with Crippen LogP contribution in [0.5, 0.6) is 5.75 Å². The van der Waals surface area contributed by atoms with Gasteiger partial charge in [-0.15, -0.1) is 0 Å². The van der Waals surface area contributed by atoms with Gasteiger partial charge < -0.3 is 20.3 Å². The van der Waals surface area contributed by atoms with Crippen LogP contribution in [0.25, 0.3) is 0 Å². The van der Waals surface area contributed by atoms with E-state index in [0.717, 1.165) is 11.1 Å². The highest BCUT2D eigenvalue weighted by Crippen LogP contribution is 2.21. The zero-order valence-electron chi connectivity index (χ0n) is 16.1. The third-order valence-electron chi connectivity index (χ3n) is 4.33. The van der Waals surface area contributed by atoms with Gasteiger partial charge in [0, 0.05) is 29.2 Å². The van der Waals surface area contributed by atoms with E-state index in [0.29, 0.717) is 16.9 Å². The lowest BCUT2D eigenvalue weighted by Crippen LogP contribution is -2.26. The minimum Gasteiger partial charge on any atom is -0.508 e. The normalized spacial score (nSPS) is 10.4. The van der Waals surface area contributed by atoms with Crippen LogP contribution < -0.4 is 16.2 Å². The molecular formula is C22H21N3O4. The summed E-state index contributed by atoms with van der Waals surface area (Å²) >= 11 is 0. The summed E-state index contributed by atoms with van der Waals surface area (Å²) in [6.07, 6.45) is 1.63.